The molecular weight excluding hydrogens is 451 g/mol. The Morgan fingerprint density at radius 3 is 2.44 bits per heavy atom. The molecule has 1 aliphatic carbocycles. The summed E-state index contributed by atoms with van der Waals surface area (Å²) in [5, 5.41) is 7.36. The van der Waals surface area contributed by atoms with Gasteiger partial charge in [-0.25, -0.2) is 0 Å². The number of likely N-dealkylation sites (tertiary alicyclic amines) is 1. The van der Waals surface area contributed by atoms with E-state index in [0.29, 0.717) is 30.0 Å². The summed E-state index contributed by atoms with van der Waals surface area (Å²) in [7, 11) is 1.89. The number of guanidine groups is 1. The fourth-order valence-corrected chi connectivity index (χ4v) is 5.37. The molecule has 0 radical (unpaired) electrons. The van der Waals surface area contributed by atoms with E-state index < -0.39 is 0 Å². The number of fused-ring (bicyclic) bond motifs is 1. The summed E-state index contributed by atoms with van der Waals surface area (Å²) in [6.45, 7) is 13.7. The largest absolute Gasteiger partial charge is 0.377 e. The highest BCUT2D eigenvalue weighted by atomic mass is 127. The first-order valence-corrected chi connectivity index (χ1v) is 10.8. The second kappa shape index (κ2) is 10.1. The highest BCUT2D eigenvalue weighted by molar-refractivity contribution is 14.0. The van der Waals surface area contributed by atoms with Gasteiger partial charge < -0.3 is 15.4 Å². The molecule has 4 unspecified atom stereocenters. The van der Waals surface area contributed by atoms with Crippen molar-refractivity contribution in [3.8, 4) is 0 Å². The van der Waals surface area contributed by atoms with Crippen LogP contribution >= 0.6 is 24.0 Å². The van der Waals surface area contributed by atoms with Crippen molar-refractivity contribution in [2.75, 3.05) is 33.3 Å². The third-order valence-electron chi connectivity index (χ3n) is 6.97. The van der Waals surface area contributed by atoms with E-state index in [2.05, 4.69) is 48.2 Å². The summed E-state index contributed by atoms with van der Waals surface area (Å²) in [5.41, 5.74) is 0.182. The SMILES string of the molecule is CN=C(NCC(C(C)C)N1CCCCCC1)NC1C2CCOC2C1(C)C.I. The van der Waals surface area contributed by atoms with Crippen LogP contribution in [0.4, 0.5) is 0 Å². The summed E-state index contributed by atoms with van der Waals surface area (Å²) >= 11 is 0. The van der Waals surface area contributed by atoms with Crippen molar-refractivity contribution in [3.63, 3.8) is 0 Å². The smallest absolute Gasteiger partial charge is 0.191 e. The molecule has 0 aromatic heterocycles. The second-order valence-corrected chi connectivity index (χ2v) is 9.40. The first-order chi connectivity index (χ1) is 12.4. The standard InChI is InChI=1S/C21H40N4O.HI/c1-15(2)17(25-11-8-6-7-9-12-25)14-23-20(22-5)24-18-16-10-13-26-19(16)21(18,3)4;/h15-19H,6-14H2,1-5H3,(H2,22,23,24);1H. The first-order valence-electron chi connectivity index (χ1n) is 10.8. The molecule has 6 heteroatoms. The van der Waals surface area contributed by atoms with Gasteiger partial charge in [-0.15, -0.1) is 24.0 Å². The molecular formula is C21H41IN4O. The van der Waals surface area contributed by atoms with E-state index in [4.69, 9.17) is 4.74 Å². The Hall–Kier alpha value is -0.0800. The van der Waals surface area contributed by atoms with Gasteiger partial charge in [0, 0.05) is 43.6 Å². The number of ether oxygens (including phenoxy) is 1. The molecule has 0 aromatic carbocycles. The molecule has 2 aliphatic heterocycles. The molecule has 0 spiro atoms. The van der Waals surface area contributed by atoms with E-state index in [1.165, 1.54) is 45.2 Å². The van der Waals surface area contributed by atoms with Crippen LogP contribution < -0.4 is 10.6 Å². The van der Waals surface area contributed by atoms with Crippen LogP contribution in [0.25, 0.3) is 0 Å². The summed E-state index contributed by atoms with van der Waals surface area (Å²) in [6, 6.07) is 1.03. The number of nitrogens with one attached hydrogen (secondary N) is 2. The fraction of sp³-hybridized carbons (Fsp3) is 0.952. The molecule has 0 bridgehead atoms. The number of rotatable bonds is 5. The number of hydrogen-bond acceptors (Lipinski definition) is 3. The summed E-state index contributed by atoms with van der Waals surface area (Å²) in [4.78, 5) is 7.22. The maximum Gasteiger partial charge on any atom is 0.191 e. The van der Waals surface area contributed by atoms with Gasteiger partial charge in [-0.05, 0) is 38.3 Å². The zero-order valence-electron chi connectivity index (χ0n) is 18.0. The van der Waals surface area contributed by atoms with Crippen molar-refractivity contribution in [3.05, 3.63) is 0 Å². The molecule has 2 heterocycles. The monoisotopic (exact) mass is 492 g/mol. The zero-order chi connectivity index (χ0) is 18.7. The Kier molecular flexibility index (Phi) is 8.68. The number of hydrogen-bond donors (Lipinski definition) is 2. The van der Waals surface area contributed by atoms with Crippen LogP contribution in [0.3, 0.4) is 0 Å². The van der Waals surface area contributed by atoms with Crippen molar-refractivity contribution in [2.24, 2.45) is 22.2 Å². The average Bonchev–Trinajstić information content (AvgIpc) is 2.90. The number of halogens is 1. The lowest BCUT2D eigenvalue weighted by Gasteiger charge is -2.55. The normalized spacial score (nSPS) is 32.1. The van der Waals surface area contributed by atoms with Crippen LogP contribution in [0, 0.1) is 17.3 Å². The minimum atomic E-state index is 0. The number of aliphatic imine (C=N–C) groups is 1. The van der Waals surface area contributed by atoms with Gasteiger partial charge in [0.05, 0.1) is 6.10 Å². The summed E-state index contributed by atoms with van der Waals surface area (Å²) in [6.07, 6.45) is 7.05. The van der Waals surface area contributed by atoms with Crippen LogP contribution in [-0.2, 0) is 4.74 Å². The Labute approximate surface area is 183 Å². The maximum absolute atomic E-state index is 5.93. The molecule has 2 N–H and O–H groups in total. The second-order valence-electron chi connectivity index (χ2n) is 9.40. The van der Waals surface area contributed by atoms with E-state index in [1.54, 1.807) is 0 Å². The topological polar surface area (TPSA) is 48.9 Å². The molecule has 3 aliphatic rings. The highest BCUT2D eigenvalue weighted by Crippen LogP contribution is 2.52. The van der Waals surface area contributed by atoms with Gasteiger partial charge in [0.15, 0.2) is 5.96 Å². The van der Waals surface area contributed by atoms with Crippen molar-refractivity contribution < 1.29 is 4.74 Å². The minimum absolute atomic E-state index is 0. The van der Waals surface area contributed by atoms with Crippen LogP contribution in [0.15, 0.2) is 4.99 Å². The van der Waals surface area contributed by atoms with Gasteiger partial charge in [-0.1, -0.05) is 40.5 Å². The van der Waals surface area contributed by atoms with Crippen molar-refractivity contribution >= 4 is 29.9 Å². The fourth-order valence-electron chi connectivity index (χ4n) is 5.37. The van der Waals surface area contributed by atoms with E-state index >= 15 is 0 Å². The average molecular weight is 492 g/mol. The number of nitrogens with zero attached hydrogens (tertiary/aromatic N) is 2. The molecule has 1 saturated carbocycles. The van der Waals surface area contributed by atoms with Crippen LogP contribution in [-0.4, -0.2) is 62.3 Å². The lowest BCUT2D eigenvalue weighted by atomic mass is 9.57. The van der Waals surface area contributed by atoms with Gasteiger partial charge >= 0.3 is 0 Å². The van der Waals surface area contributed by atoms with Gasteiger partial charge in [-0.2, -0.15) is 0 Å². The van der Waals surface area contributed by atoms with Gasteiger partial charge in [-0.3, -0.25) is 9.89 Å². The predicted molar refractivity (Wildman–Crippen MR) is 124 cm³/mol. The Morgan fingerprint density at radius 1 is 1.19 bits per heavy atom. The Morgan fingerprint density at radius 2 is 1.85 bits per heavy atom. The van der Waals surface area contributed by atoms with E-state index in [9.17, 15) is 0 Å². The Balaban J connectivity index is 0.00000261. The molecule has 3 fully saturated rings. The quantitative estimate of drug-likeness (QED) is 0.351. The predicted octanol–water partition coefficient (Wildman–Crippen LogP) is 3.48. The first kappa shape index (κ1) is 23.2. The van der Waals surface area contributed by atoms with Crippen LogP contribution in [0.2, 0.25) is 0 Å². The molecule has 0 aromatic rings. The summed E-state index contributed by atoms with van der Waals surface area (Å²) < 4.78 is 5.93. The van der Waals surface area contributed by atoms with E-state index in [-0.39, 0.29) is 29.4 Å². The molecule has 0 amide bonds. The lowest BCUT2D eigenvalue weighted by Crippen LogP contribution is -2.68. The third kappa shape index (κ3) is 5.10. The molecule has 4 atom stereocenters. The molecule has 27 heavy (non-hydrogen) atoms. The highest BCUT2D eigenvalue weighted by Gasteiger charge is 2.59. The van der Waals surface area contributed by atoms with Gasteiger partial charge in [0.2, 0.25) is 0 Å². The van der Waals surface area contributed by atoms with Crippen molar-refractivity contribution in [1.82, 2.24) is 15.5 Å². The van der Waals surface area contributed by atoms with E-state index in [0.717, 1.165) is 19.1 Å². The molecule has 5 nitrogen and oxygen atoms in total. The van der Waals surface area contributed by atoms with Crippen molar-refractivity contribution in [2.45, 2.75) is 78.0 Å². The zero-order valence-corrected chi connectivity index (χ0v) is 20.3. The minimum Gasteiger partial charge on any atom is -0.377 e. The Bertz CT molecular complexity index is 489. The maximum atomic E-state index is 5.93. The van der Waals surface area contributed by atoms with Crippen molar-refractivity contribution in [1.29, 1.82) is 0 Å². The molecule has 158 valence electrons. The van der Waals surface area contributed by atoms with Gasteiger partial charge in [0.1, 0.15) is 0 Å². The lowest BCUT2D eigenvalue weighted by molar-refractivity contribution is -0.106. The van der Waals surface area contributed by atoms with Gasteiger partial charge in [0.25, 0.3) is 0 Å². The van der Waals surface area contributed by atoms with Crippen LogP contribution in [0.5, 0.6) is 0 Å². The van der Waals surface area contributed by atoms with E-state index in [1.807, 2.05) is 7.05 Å². The summed E-state index contributed by atoms with van der Waals surface area (Å²) in [5.74, 6) is 2.23. The van der Waals surface area contributed by atoms with Crippen LogP contribution in [0.1, 0.15) is 59.8 Å². The molecule has 2 saturated heterocycles. The third-order valence-corrected chi connectivity index (χ3v) is 6.97. The molecule has 3 rings (SSSR count).